The summed E-state index contributed by atoms with van der Waals surface area (Å²) in [6, 6.07) is -0.0113. The van der Waals surface area contributed by atoms with Crippen molar-refractivity contribution in [3.63, 3.8) is 0 Å². The second-order valence-electron chi connectivity index (χ2n) is 7.49. The van der Waals surface area contributed by atoms with Crippen molar-refractivity contribution in [2.24, 2.45) is 0 Å². The normalized spacial score (nSPS) is 10.8. The minimum Gasteiger partial charge on any atom is -0.338 e. The van der Waals surface area contributed by atoms with Gasteiger partial charge in [0.05, 0.1) is 0 Å². The number of carbonyl (C=O) groups is 1. The van der Waals surface area contributed by atoms with Crippen LogP contribution >= 0.6 is 0 Å². The Morgan fingerprint density at radius 3 is 1.24 bits per heavy atom. The summed E-state index contributed by atoms with van der Waals surface area (Å²) in [7, 11) is 0. The molecule has 0 aromatic heterocycles. The Labute approximate surface area is 158 Å². The fourth-order valence-electron chi connectivity index (χ4n) is 3.18. The van der Waals surface area contributed by atoms with Crippen LogP contribution < -0.4 is 10.6 Å². The van der Waals surface area contributed by atoms with Crippen LogP contribution in [-0.2, 0) is 0 Å². The minimum absolute atomic E-state index is 0.0113. The number of amides is 2. The lowest BCUT2D eigenvalue weighted by Crippen LogP contribution is -2.36. The molecule has 0 aromatic rings. The first-order valence-corrected chi connectivity index (χ1v) is 11.3. The predicted octanol–water partition coefficient (Wildman–Crippen LogP) is 6.96. The zero-order valence-corrected chi connectivity index (χ0v) is 17.3. The van der Waals surface area contributed by atoms with Crippen LogP contribution in [-0.4, -0.2) is 19.1 Å². The highest BCUT2D eigenvalue weighted by Crippen LogP contribution is 2.13. The van der Waals surface area contributed by atoms with E-state index in [1.807, 2.05) is 0 Å². The maximum absolute atomic E-state index is 11.3. The summed E-state index contributed by atoms with van der Waals surface area (Å²) < 4.78 is 0. The van der Waals surface area contributed by atoms with Crippen molar-refractivity contribution in [2.75, 3.05) is 13.1 Å². The lowest BCUT2D eigenvalue weighted by atomic mass is 10.0. The Bertz CT molecular complexity index is 269. The molecule has 0 aliphatic carbocycles. The predicted molar refractivity (Wildman–Crippen MR) is 111 cm³/mol. The zero-order valence-electron chi connectivity index (χ0n) is 17.3. The standard InChI is InChI=1S/C22H46N2O/c1-3-5-6-7-8-9-10-11-12-13-14-15-16-17-18-19-21-24-22(25)23-20-4-2/h3-21H2,1-2H3,(H2,23,24,25). The molecule has 0 spiro atoms. The first-order chi connectivity index (χ1) is 12.3. The van der Waals surface area contributed by atoms with Crippen LogP contribution in [0.5, 0.6) is 0 Å². The Kier molecular flexibility index (Phi) is 20.7. The summed E-state index contributed by atoms with van der Waals surface area (Å²) >= 11 is 0. The van der Waals surface area contributed by atoms with Gasteiger partial charge in [-0.1, -0.05) is 110 Å². The van der Waals surface area contributed by atoms with Gasteiger partial charge in [-0.2, -0.15) is 0 Å². The highest BCUT2D eigenvalue weighted by molar-refractivity contribution is 5.73. The Hall–Kier alpha value is -0.730. The Balaban J connectivity index is 3.04. The van der Waals surface area contributed by atoms with E-state index in [2.05, 4.69) is 24.5 Å². The van der Waals surface area contributed by atoms with E-state index in [1.54, 1.807) is 0 Å². The largest absolute Gasteiger partial charge is 0.338 e. The van der Waals surface area contributed by atoms with Gasteiger partial charge in [-0.25, -0.2) is 4.79 Å². The van der Waals surface area contributed by atoms with Crippen molar-refractivity contribution >= 4 is 6.03 Å². The number of rotatable bonds is 19. The molecule has 2 amide bonds. The average molecular weight is 355 g/mol. The molecule has 0 saturated carbocycles. The first-order valence-electron chi connectivity index (χ1n) is 11.3. The Morgan fingerprint density at radius 1 is 0.480 bits per heavy atom. The van der Waals surface area contributed by atoms with E-state index in [0.717, 1.165) is 25.9 Å². The van der Waals surface area contributed by atoms with Gasteiger partial charge in [0.1, 0.15) is 0 Å². The van der Waals surface area contributed by atoms with Crippen LogP contribution in [0, 0.1) is 0 Å². The molecule has 3 heteroatoms. The van der Waals surface area contributed by atoms with Crippen molar-refractivity contribution in [1.29, 1.82) is 0 Å². The third-order valence-electron chi connectivity index (χ3n) is 4.85. The van der Waals surface area contributed by atoms with Crippen LogP contribution in [0.4, 0.5) is 4.79 Å². The summed E-state index contributed by atoms with van der Waals surface area (Å²) in [5.74, 6) is 0. The van der Waals surface area contributed by atoms with E-state index < -0.39 is 0 Å². The number of carbonyl (C=O) groups excluding carboxylic acids is 1. The number of hydrogen-bond acceptors (Lipinski definition) is 1. The third kappa shape index (κ3) is 21.2. The van der Waals surface area contributed by atoms with Crippen LogP contribution in [0.2, 0.25) is 0 Å². The molecule has 0 bridgehead atoms. The number of hydrogen-bond donors (Lipinski definition) is 2. The molecule has 0 atom stereocenters. The highest BCUT2D eigenvalue weighted by Gasteiger charge is 1.97. The van der Waals surface area contributed by atoms with Crippen LogP contribution in [0.25, 0.3) is 0 Å². The minimum atomic E-state index is -0.0113. The second-order valence-corrected chi connectivity index (χ2v) is 7.49. The molecule has 0 saturated heterocycles. The molecular formula is C22H46N2O. The lowest BCUT2D eigenvalue weighted by Gasteiger charge is -2.06. The van der Waals surface area contributed by atoms with Crippen molar-refractivity contribution < 1.29 is 4.79 Å². The van der Waals surface area contributed by atoms with Gasteiger partial charge in [-0.05, 0) is 12.8 Å². The maximum atomic E-state index is 11.3. The molecule has 0 radical (unpaired) electrons. The SMILES string of the molecule is CCCCCCCCCCCCCCCCCCNC(=O)NCCC. The quantitative estimate of drug-likeness (QED) is 0.242. The number of unbranched alkanes of at least 4 members (excludes halogenated alkanes) is 15. The van der Waals surface area contributed by atoms with E-state index in [9.17, 15) is 4.79 Å². The molecule has 0 heterocycles. The van der Waals surface area contributed by atoms with Crippen molar-refractivity contribution in [3.8, 4) is 0 Å². The monoisotopic (exact) mass is 354 g/mol. The average Bonchev–Trinajstić information content (AvgIpc) is 2.62. The molecular weight excluding hydrogens is 308 g/mol. The van der Waals surface area contributed by atoms with Crippen LogP contribution in [0.15, 0.2) is 0 Å². The van der Waals surface area contributed by atoms with Gasteiger partial charge in [0.25, 0.3) is 0 Å². The number of urea groups is 1. The summed E-state index contributed by atoms with van der Waals surface area (Å²) in [6.45, 7) is 5.93. The summed E-state index contributed by atoms with van der Waals surface area (Å²) in [5, 5.41) is 5.75. The first kappa shape index (κ1) is 24.3. The van der Waals surface area contributed by atoms with Gasteiger partial charge >= 0.3 is 6.03 Å². The topological polar surface area (TPSA) is 41.1 Å². The van der Waals surface area contributed by atoms with Gasteiger partial charge in [-0.15, -0.1) is 0 Å². The summed E-state index contributed by atoms with van der Waals surface area (Å²) in [4.78, 5) is 11.3. The van der Waals surface area contributed by atoms with E-state index in [1.165, 1.54) is 96.3 Å². The van der Waals surface area contributed by atoms with Gasteiger partial charge in [0.15, 0.2) is 0 Å². The lowest BCUT2D eigenvalue weighted by molar-refractivity contribution is 0.240. The maximum Gasteiger partial charge on any atom is 0.314 e. The molecule has 0 aliphatic rings. The van der Waals surface area contributed by atoms with Crippen molar-refractivity contribution in [1.82, 2.24) is 10.6 Å². The van der Waals surface area contributed by atoms with E-state index in [4.69, 9.17) is 0 Å². The van der Waals surface area contributed by atoms with E-state index in [0.29, 0.717) is 0 Å². The molecule has 150 valence electrons. The molecule has 0 unspecified atom stereocenters. The molecule has 2 N–H and O–H groups in total. The fourth-order valence-corrected chi connectivity index (χ4v) is 3.18. The smallest absolute Gasteiger partial charge is 0.314 e. The highest BCUT2D eigenvalue weighted by atomic mass is 16.2. The van der Waals surface area contributed by atoms with Gasteiger partial charge in [0.2, 0.25) is 0 Å². The molecule has 0 fully saturated rings. The third-order valence-corrected chi connectivity index (χ3v) is 4.85. The molecule has 0 aliphatic heterocycles. The Morgan fingerprint density at radius 2 is 0.840 bits per heavy atom. The zero-order chi connectivity index (χ0) is 18.4. The van der Waals surface area contributed by atoms with Gasteiger partial charge in [0, 0.05) is 13.1 Å². The van der Waals surface area contributed by atoms with Gasteiger partial charge in [-0.3, -0.25) is 0 Å². The van der Waals surface area contributed by atoms with Crippen LogP contribution in [0.1, 0.15) is 123 Å². The summed E-state index contributed by atoms with van der Waals surface area (Å²) in [6.07, 6.45) is 23.2. The van der Waals surface area contributed by atoms with E-state index >= 15 is 0 Å². The van der Waals surface area contributed by atoms with E-state index in [-0.39, 0.29) is 6.03 Å². The molecule has 0 rings (SSSR count). The van der Waals surface area contributed by atoms with Gasteiger partial charge < -0.3 is 10.6 Å². The molecule has 25 heavy (non-hydrogen) atoms. The van der Waals surface area contributed by atoms with Crippen LogP contribution in [0.3, 0.4) is 0 Å². The van der Waals surface area contributed by atoms with Crippen molar-refractivity contribution in [3.05, 3.63) is 0 Å². The molecule has 3 nitrogen and oxygen atoms in total. The second kappa shape index (κ2) is 21.3. The fraction of sp³-hybridized carbons (Fsp3) is 0.955. The summed E-state index contributed by atoms with van der Waals surface area (Å²) in [5.41, 5.74) is 0. The molecule has 0 aromatic carbocycles. The number of nitrogens with one attached hydrogen (secondary N) is 2. The van der Waals surface area contributed by atoms with Crippen molar-refractivity contribution in [2.45, 2.75) is 123 Å².